The quantitative estimate of drug-likeness (QED) is 0.149. The maximum Gasteiger partial charge on any atom is 0.126 e. The van der Waals surface area contributed by atoms with Crippen molar-refractivity contribution in [2.24, 2.45) is 0 Å². The minimum Gasteiger partial charge on any atom is -0.508 e. The lowest BCUT2D eigenvalue weighted by Crippen LogP contribution is -1.96. The molecule has 0 atom stereocenters. The van der Waals surface area contributed by atoms with Gasteiger partial charge in [-0.25, -0.2) is 0 Å². The lowest BCUT2D eigenvalue weighted by atomic mass is 10.3. The molecule has 5 rings (SSSR count). The number of alkyl halides is 1. The van der Waals surface area contributed by atoms with E-state index in [1.54, 1.807) is 24.3 Å². The number of phenolic OH excluding ortho intramolecular Hbond substituents is 1. The Morgan fingerprint density at radius 1 is 0.650 bits per heavy atom. The van der Waals surface area contributed by atoms with Crippen molar-refractivity contribution in [2.45, 2.75) is 18.9 Å². The molecule has 0 saturated heterocycles. The van der Waals surface area contributed by atoms with Crippen LogP contribution < -0.4 is 14.2 Å². The monoisotopic (exact) mass is 860 g/mol. The van der Waals surface area contributed by atoms with Crippen molar-refractivity contribution in [2.75, 3.05) is 11.9 Å². The highest BCUT2D eigenvalue weighted by Gasteiger charge is 2.23. The molecule has 9 heteroatoms. The second kappa shape index (κ2) is 20.2. The predicted molar refractivity (Wildman–Crippen MR) is 182 cm³/mol. The van der Waals surface area contributed by atoms with E-state index in [-0.39, 0.29) is 0 Å². The molecule has 1 fully saturated rings. The maximum atomic E-state index is 8.74. The lowest BCUT2D eigenvalue weighted by Gasteiger charge is -2.02. The number of halogens is 5. The molecule has 1 saturated carbocycles. The minimum atomic E-state index is 0.299. The number of hydrogen-bond acceptors (Lipinski definition) is 4. The van der Waals surface area contributed by atoms with Gasteiger partial charge in [-0.05, 0) is 110 Å². The Kier molecular flexibility index (Phi) is 17.3. The molecule has 0 unspecified atom stereocenters. The van der Waals surface area contributed by atoms with Gasteiger partial charge < -0.3 is 19.3 Å². The summed E-state index contributed by atoms with van der Waals surface area (Å²) < 4.78 is 20.1. The third-order valence-corrected chi connectivity index (χ3v) is 7.10. The Hall–Kier alpha value is -1.78. The standard InChI is InChI=1S/C9H9BrO.C8H8Br2O.C8H7BrO.C6H5BrO/c10-7-1-3-8(4-2-7)11-9-5-6-9;9-5-6-11-8-3-1-7(10)2-4-8;1-2-10-8-5-3-7(9)4-6-8;7-5-1-3-6(8)4-2-5/h1-4,9H,5-6H2;1-4H,5-6H2;2-6H,1H2;1-4,8H. The molecular weight excluding hydrogens is 836 g/mol. The first kappa shape index (κ1) is 34.4. The maximum absolute atomic E-state index is 8.74. The SMILES string of the molecule is BrCCOc1ccc(Br)cc1.Brc1ccc(OC2CC2)cc1.C=COc1ccc(Br)cc1.Oc1ccc(Br)cc1. The van der Waals surface area contributed by atoms with Crippen LogP contribution in [-0.2, 0) is 0 Å². The third kappa shape index (κ3) is 16.5. The van der Waals surface area contributed by atoms with Gasteiger partial charge in [-0.1, -0.05) is 86.2 Å². The second-order valence-corrected chi connectivity index (χ2v) is 12.4. The molecule has 4 aromatic carbocycles. The molecule has 4 nitrogen and oxygen atoms in total. The van der Waals surface area contributed by atoms with Gasteiger partial charge in [-0.2, -0.15) is 0 Å². The summed E-state index contributed by atoms with van der Waals surface area (Å²) in [5, 5.41) is 9.60. The van der Waals surface area contributed by atoms with Crippen LogP contribution in [0.2, 0.25) is 0 Å². The van der Waals surface area contributed by atoms with Gasteiger partial charge in [-0.15, -0.1) is 0 Å². The second-order valence-electron chi connectivity index (χ2n) is 7.98. The van der Waals surface area contributed by atoms with Gasteiger partial charge in [0.25, 0.3) is 0 Å². The molecule has 0 radical (unpaired) electrons. The molecular formula is C31H29Br5O4. The highest BCUT2D eigenvalue weighted by molar-refractivity contribution is 9.11. The van der Waals surface area contributed by atoms with Gasteiger partial charge in [0.2, 0.25) is 0 Å². The van der Waals surface area contributed by atoms with Crippen LogP contribution in [0.3, 0.4) is 0 Å². The Morgan fingerprint density at radius 3 is 1.43 bits per heavy atom. The Balaban J connectivity index is 0.000000188. The van der Waals surface area contributed by atoms with E-state index in [1.807, 2.05) is 72.8 Å². The van der Waals surface area contributed by atoms with Crippen molar-refractivity contribution in [3.8, 4) is 23.0 Å². The van der Waals surface area contributed by atoms with Crippen LogP contribution in [0.5, 0.6) is 23.0 Å². The average molecular weight is 865 g/mol. The predicted octanol–water partition coefficient (Wildman–Crippen LogP) is 11.3. The first-order valence-corrected chi connectivity index (χ1v) is 16.4. The number of rotatable bonds is 7. The van der Waals surface area contributed by atoms with Crippen LogP contribution in [-0.4, -0.2) is 23.1 Å². The van der Waals surface area contributed by atoms with Crippen LogP contribution in [0.4, 0.5) is 0 Å². The van der Waals surface area contributed by atoms with Crippen molar-refractivity contribution in [1.82, 2.24) is 0 Å². The van der Waals surface area contributed by atoms with Crippen molar-refractivity contribution >= 4 is 79.6 Å². The molecule has 40 heavy (non-hydrogen) atoms. The summed E-state index contributed by atoms with van der Waals surface area (Å²) in [6, 6.07) is 30.2. The Labute approximate surface area is 278 Å². The highest BCUT2D eigenvalue weighted by atomic mass is 79.9. The number of ether oxygens (including phenoxy) is 3. The summed E-state index contributed by atoms with van der Waals surface area (Å²) in [6.45, 7) is 4.15. The summed E-state index contributed by atoms with van der Waals surface area (Å²) in [7, 11) is 0. The molecule has 0 bridgehead atoms. The summed E-state index contributed by atoms with van der Waals surface area (Å²) in [4.78, 5) is 0. The highest BCUT2D eigenvalue weighted by Crippen LogP contribution is 2.27. The van der Waals surface area contributed by atoms with Gasteiger partial charge >= 0.3 is 0 Å². The van der Waals surface area contributed by atoms with E-state index >= 15 is 0 Å². The van der Waals surface area contributed by atoms with E-state index in [2.05, 4.69) is 86.2 Å². The summed E-state index contributed by atoms with van der Waals surface area (Å²) >= 11 is 16.6. The Morgan fingerprint density at radius 2 is 1.05 bits per heavy atom. The molecule has 0 aliphatic heterocycles. The van der Waals surface area contributed by atoms with Gasteiger partial charge in [-0.3, -0.25) is 0 Å². The first-order valence-electron chi connectivity index (χ1n) is 12.1. The largest absolute Gasteiger partial charge is 0.508 e. The Bertz CT molecular complexity index is 1210. The zero-order valence-corrected chi connectivity index (χ0v) is 29.4. The minimum absolute atomic E-state index is 0.299. The smallest absolute Gasteiger partial charge is 0.126 e. The van der Waals surface area contributed by atoms with Gasteiger partial charge in [0.1, 0.15) is 23.0 Å². The number of hydrogen-bond donors (Lipinski definition) is 1. The summed E-state index contributed by atoms with van der Waals surface area (Å²) in [5.74, 6) is 3.00. The first-order chi connectivity index (χ1) is 19.3. The van der Waals surface area contributed by atoms with Crippen LogP contribution in [0, 0.1) is 0 Å². The fourth-order valence-electron chi connectivity index (χ4n) is 2.63. The summed E-state index contributed by atoms with van der Waals surface area (Å²) in [6.07, 6.45) is 4.34. The molecule has 0 aromatic heterocycles. The van der Waals surface area contributed by atoms with Crippen molar-refractivity contribution < 1.29 is 19.3 Å². The molecule has 1 N–H and O–H groups in total. The van der Waals surface area contributed by atoms with Crippen molar-refractivity contribution in [3.05, 3.63) is 128 Å². The van der Waals surface area contributed by atoms with E-state index in [9.17, 15) is 0 Å². The van der Waals surface area contributed by atoms with E-state index in [1.165, 1.54) is 19.1 Å². The topological polar surface area (TPSA) is 47.9 Å². The van der Waals surface area contributed by atoms with Gasteiger partial charge in [0, 0.05) is 23.2 Å². The van der Waals surface area contributed by atoms with Crippen LogP contribution in [0.25, 0.3) is 0 Å². The summed E-state index contributed by atoms with van der Waals surface area (Å²) in [5.41, 5.74) is 0. The van der Waals surface area contributed by atoms with E-state index in [0.717, 1.165) is 40.5 Å². The zero-order valence-electron chi connectivity index (χ0n) is 21.5. The van der Waals surface area contributed by atoms with Gasteiger partial charge in [0.05, 0.1) is 19.0 Å². The third-order valence-electron chi connectivity index (χ3n) is 4.66. The average Bonchev–Trinajstić information content (AvgIpc) is 3.78. The van der Waals surface area contributed by atoms with E-state index < -0.39 is 0 Å². The van der Waals surface area contributed by atoms with Crippen molar-refractivity contribution in [1.29, 1.82) is 0 Å². The fraction of sp³-hybridized carbons (Fsp3) is 0.161. The number of aromatic hydroxyl groups is 1. The van der Waals surface area contributed by atoms with E-state index in [0.29, 0.717) is 18.5 Å². The molecule has 0 amide bonds. The van der Waals surface area contributed by atoms with Crippen LogP contribution in [0.15, 0.2) is 128 Å². The number of phenols is 1. The van der Waals surface area contributed by atoms with Gasteiger partial charge in [0.15, 0.2) is 0 Å². The fourth-order valence-corrected chi connectivity index (χ4v) is 3.85. The number of benzene rings is 4. The molecule has 1 aliphatic rings. The molecule has 0 heterocycles. The van der Waals surface area contributed by atoms with Crippen molar-refractivity contribution in [3.63, 3.8) is 0 Å². The van der Waals surface area contributed by atoms with E-state index in [4.69, 9.17) is 19.3 Å². The van der Waals surface area contributed by atoms with Crippen LogP contribution in [0.1, 0.15) is 12.8 Å². The normalized spacial score (nSPS) is 11.2. The zero-order chi connectivity index (χ0) is 29.2. The van der Waals surface area contributed by atoms with Crippen LogP contribution >= 0.6 is 79.6 Å². The molecule has 0 spiro atoms. The molecule has 4 aromatic rings. The molecule has 212 valence electrons. The lowest BCUT2D eigenvalue weighted by molar-refractivity contribution is 0.303. The molecule has 1 aliphatic carbocycles.